The second-order valence-corrected chi connectivity index (χ2v) is 7.04. The summed E-state index contributed by atoms with van der Waals surface area (Å²) >= 11 is 0. The summed E-state index contributed by atoms with van der Waals surface area (Å²) in [5, 5.41) is 3.11. The van der Waals surface area contributed by atoms with Crippen LogP contribution < -0.4 is 19.5 Å². The van der Waals surface area contributed by atoms with Crippen molar-refractivity contribution in [2.45, 2.75) is 6.04 Å². The monoisotopic (exact) mass is 398 g/mol. The highest BCUT2D eigenvalue weighted by Crippen LogP contribution is 2.33. The van der Waals surface area contributed by atoms with E-state index in [4.69, 9.17) is 18.9 Å². The predicted molar refractivity (Wildman–Crippen MR) is 108 cm³/mol. The van der Waals surface area contributed by atoms with E-state index in [1.54, 1.807) is 18.2 Å². The van der Waals surface area contributed by atoms with Gasteiger partial charge in [0.1, 0.15) is 19.0 Å². The van der Waals surface area contributed by atoms with Crippen molar-refractivity contribution in [3.8, 4) is 17.2 Å². The summed E-state index contributed by atoms with van der Waals surface area (Å²) in [7, 11) is 0. The molecule has 2 aromatic rings. The minimum absolute atomic E-state index is 0.0634. The molecular formula is C22H26N2O5. The summed E-state index contributed by atoms with van der Waals surface area (Å²) in [6.07, 6.45) is 0. The SMILES string of the molecule is O=C(COc1ccc2c(c1)OCCO2)NC(CN1CCOCC1)c1ccccc1. The van der Waals surface area contributed by atoms with E-state index in [1.165, 1.54) is 0 Å². The van der Waals surface area contributed by atoms with E-state index >= 15 is 0 Å². The second kappa shape index (κ2) is 9.62. The van der Waals surface area contributed by atoms with Crippen molar-refractivity contribution in [3.05, 3.63) is 54.1 Å². The van der Waals surface area contributed by atoms with Gasteiger partial charge in [0.15, 0.2) is 18.1 Å². The van der Waals surface area contributed by atoms with Gasteiger partial charge in [-0.2, -0.15) is 0 Å². The lowest BCUT2D eigenvalue weighted by molar-refractivity contribution is -0.124. The molecule has 0 aliphatic carbocycles. The average Bonchev–Trinajstić information content (AvgIpc) is 2.78. The molecule has 2 aliphatic rings. The maximum atomic E-state index is 12.6. The highest BCUT2D eigenvalue weighted by Gasteiger charge is 2.20. The van der Waals surface area contributed by atoms with E-state index in [-0.39, 0.29) is 18.6 Å². The molecule has 7 nitrogen and oxygen atoms in total. The van der Waals surface area contributed by atoms with Crippen LogP contribution in [0.4, 0.5) is 0 Å². The number of ether oxygens (including phenoxy) is 4. The molecule has 2 aromatic carbocycles. The number of fused-ring (bicyclic) bond motifs is 1. The number of hydrogen-bond donors (Lipinski definition) is 1. The number of morpholine rings is 1. The Balaban J connectivity index is 1.36. The molecule has 1 fully saturated rings. The number of nitrogens with zero attached hydrogens (tertiary/aromatic N) is 1. The molecule has 2 heterocycles. The predicted octanol–water partition coefficient (Wildman–Crippen LogP) is 2.03. The third kappa shape index (κ3) is 5.40. The van der Waals surface area contributed by atoms with Crippen LogP contribution in [0.5, 0.6) is 17.2 Å². The van der Waals surface area contributed by atoms with Crippen molar-refractivity contribution in [3.63, 3.8) is 0 Å². The summed E-state index contributed by atoms with van der Waals surface area (Å²) in [5.74, 6) is 1.75. The Kier molecular flexibility index (Phi) is 6.49. The Morgan fingerprint density at radius 2 is 1.76 bits per heavy atom. The van der Waals surface area contributed by atoms with Crippen molar-refractivity contribution < 1.29 is 23.7 Å². The smallest absolute Gasteiger partial charge is 0.258 e. The fourth-order valence-electron chi connectivity index (χ4n) is 3.46. The van der Waals surface area contributed by atoms with Crippen LogP contribution in [0.15, 0.2) is 48.5 Å². The molecule has 7 heteroatoms. The summed E-state index contributed by atoms with van der Waals surface area (Å²) in [5.41, 5.74) is 1.08. The number of nitrogens with one attached hydrogen (secondary N) is 1. The standard InChI is InChI=1S/C22H26N2O5/c25-22(16-29-18-6-7-20-21(14-18)28-13-12-27-20)23-19(17-4-2-1-3-5-17)15-24-8-10-26-11-9-24/h1-7,14,19H,8-13,15-16H2,(H,23,25). The lowest BCUT2D eigenvalue weighted by Gasteiger charge is -2.31. The number of rotatable bonds is 7. The van der Waals surface area contributed by atoms with Crippen molar-refractivity contribution in [1.82, 2.24) is 10.2 Å². The van der Waals surface area contributed by atoms with E-state index in [0.717, 1.165) is 38.4 Å². The molecule has 4 rings (SSSR count). The van der Waals surface area contributed by atoms with Gasteiger partial charge in [0, 0.05) is 25.7 Å². The van der Waals surface area contributed by atoms with Gasteiger partial charge in [-0.15, -0.1) is 0 Å². The van der Waals surface area contributed by atoms with Gasteiger partial charge < -0.3 is 24.3 Å². The molecule has 1 N–H and O–H groups in total. The van der Waals surface area contributed by atoms with Crippen LogP contribution in [0.1, 0.15) is 11.6 Å². The Hall–Kier alpha value is -2.77. The summed E-state index contributed by atoms with van der Waals surface area (Å²) < 4.78 is 22.2. The van der Waals surface area contributed by atoms with Crippen molar-refractivity contribution in [2.75, 3.05) is 52.7 Å². The van der Waals surface area contributed by atoms with Gasteiger partial charge in [-0.05, 0) is 17.7 Å². The Labute approximate surface area is 170 Å². The number of amides is 1. The highest BCUT2D eigenvalue weighted by atomic mass is 16.6. The molecule has 1 saturated heterocycles. The van der Waals surface area contributed by atoms with E-state index in [2.05, 4.69) is 10.2 Å². The molecule has 0 aromatic heterocycles. The Morgan fingerprint density at radius 3 is 2.55 bits per heavy atom. The number of carbonyl (C=O) groups is 1. The van der Waals surface area contributed by atoms with Gasteiger partial charge in [-0.25, -0.2) is 0 Å². The van der Waals surface area contributed by atoms with Crippen LogP contribution in [0.2, 0.25) is 0 Å². The van der Waals surface area contributed by atoms with Gasteiger partial charge in [0.25, 0.3) is 5.91 Å². The Morgan fingerprint density at radius 1 is 1.00 bits per heavy atom. The van der Waals surface area contributed by atoms with Crippen LogP contribution in [0.3, 0.4) is 0 Å². The maximum absolute atomic E-state index is 12.6. The molecule has 29 heavy (non-hydrogen) atoms. The van der Waals surface area contributed by atoms with Gasteiger partial charge in [0.2, 0.25) is 0 Å². The molecule has 2 aliphatic heterocycles. The molecule has 0 spiro atoms. The summed E-state index contributed by atoms with van der Waals surface area (Å²) in [4.78, 5) is 14.9. The third-order valence-corrected chi connectivity index (χ3v) is 4.97. The van der Waals surface area contributed by atoms with Gasteiger partial charge in [0.05, 0.1) is 19.3 Å². The fourth-order valence-corrected chi connectivity index (χ4v) is 3.46. The molecule has 1 amide bonds. The molecule has 0 radical (unpaired) electrons. The van der Waals surface area contributed by atoms with Crippen molar-refractivity contribution in [2.24, 2.45) is 0 Å². The fraction of sp³-hybridized carbons (Fsp3) is 0.409. The van der Waals surface area contributed by atoms with Crippen molar-refractivity contribution in [1.29, 1.82) is 0 Å². The van der Waals surface area contributed by atoms with Gasteiger partial charge in [-0.3, -0.25) is 9.69 Å². The first-order valence-corrected chi connectivity index (χ1v) is 9.95. The minimum atomic E-state index is -0.165. The first-order chi connectivity index (χ1) is 14.3. The van der Waals surface area contributed by atoms with Crippen LogP contribution in [0.25, 0.3) is 0 Å². The normalized spacial score (nSPS) is 17.4. The van der Waals surface area contributed by atoms with E-state index < -0.39 is 0 Å². The topological polar surface area (TPSA) is 69.3 Å². The van der Waals surface area contributed by atoms with Gasteiger partial charge in [-0.1, -0.05) is 30.3 Å². The van der Waals surface area contributed by atoms with Crippen LogP contribution in [0, 0.1) is 0 Å². The largest absolute Gasteiger partial charge is 0.486 e. The third-order valence-electron chi connectivity index (χ3n) is 4.97. The number of benzene rings is 2. The van der Waals surface area contributed by atoms with Crippen LogP contribution in [-0.4, -0.2) is 63.5 Å². The Bertz CT molecular complexity index is 808. The molecule has 0 saturated carbocycles. The summed E-state index contributed by atoms with van der Waals surface area (Å²) in [6, 6.07) is 15.2. The van der Waals surface area contributed by atoms with Crippen LogP contribution in [-0.2, 0) is 9.53 Å². The zero-order valence-electron chi connectivity index (χ0n) is 16.3. The van der Waals surface area contributed by atoms with Crippen LogP contribution >= 0.6 is 0 Å². The van der Waals surface area contributed by atoms with E-state index in [1.807, 2.05) is 30.3 Å². The zero-order chi connectivity index (χ0) is 19.9. The lowest BCUT2D eigenvalue weighted by atomic mass is 10.1. The molecule has 1 atom stereocenters. The quantitative estimate of drug-likeness (QED) is 0.770. The molecule has 0 bridgehead atoms. The molecule has 154 valence electrons. The van der Waals surface area contributed by atoms with Gasteiger partial charge >= 0.3 is 0 Å². The van der Waals surface area contributed by atoms with Crippen molar-refractivity contribution >= 4 is 5.91 Å². The maximum Gasteiger partial charge on any atom is 0.258 e. The average molecular weight is 398 g/mol. The zero-order valence-corrected chi connectivity index (χ0v) is 16.3. The molecular weight excluding hydrogens is 372 g/mol. The van der Waals surface area contributed by atoms with E-state index in [0.29, 0.717) is 30.5 Å². The lowest BCUT2D eigenvalue weighted by Crippen LogP contribution is -2.44. The summed E-state index contributed by atoms with van der Waals surface area (Å²) in [6.45, 7) is 4.91. The first kappa shape index (κ1) is 19.5. The first-order valence-electron chi connectivity index (χ1n) is 9.95. The highest BCUT2D eigenvalue weighted by molar-refractivity contribution is 5.78. The number of carbonyl (C=O) groups excluding carboxylic acids is 1. The second-order valence-electron chi connectivity index (χ2n) is 7.04. The number of hydrogen-bond acceptors (Lipinski definition) is 6. The minimum Gasteiger partial charge on any atom is -0.486 e. The van der Waals surface area contributed by atoms with E-state index in [9.17, 15) is 4.79 Å². The molecule has 1 unspecified atom stereocenters.